The van der Waals surface area contributed by atoms with Crippen LogP contribution >= 0.6 is 0 Å². The van der Waals surface area contributed by atoms with E-state index in [2.05, 4.69) is 5.32 Å². The van der Waals surface area contributed by atoms with E-state index < -0.39 is 6.23 Å². The summed E-state index contributed by atoms with van der Waals surface area (Å²) < 4.78 is 5.53. The molecule has 0 aromatic heterocycles. The summed E-state index contributed by atoms with van der Waals surface area (Å²) in [7, 11) is 0. The Kier molecular flexibility index (Phi) is 6.32. The van der Waals surface area contributed by atoms with Gasteiger partial charge in [0.25, 0.3) is 0 Å². The van der Waals surface area contributed by atoms with E-state index in [0.29, 0.717) is 18.8 Å². The molecular weight excluding hydrogens is 244 g/mol. The molecule has 0 fully saturated rings. The van der Waals surface area contributed by atoms with Crippen molar-refractivity contribution in [3.63, 3.8) is 0 Å². The Bertz CT molecular complexity index is 407. The second-order valence-corrected chi connectivity index (χ2v) is 4.76. The first-order valence-electron chi connectivity index (χ1n) is 6.41. The first-order valence-corrected chi connectivity index (χ1v) is 6.41. The molecule has 5 heteroatoms. The van der Waals surface area contributed by atoms with Crippen LogP contribution in [-0.4, -0.2) is 29.9 Å². The lowest BCUT2D eigenvalue weighted by molar-refractivity contribution is -0.117. The van der Waals surface area contributed by atoms with E-state index in [1.807, 2.05) is 32.0 Å². The summed E-state index contributed by atoms with van der Waals surface area (Å²) >= 11 is 0. The third-order valence-corrected chi connectivity index (χ3v) is 2.46. The number of amides is 1. The smallest absolute Gasteiger partial charge is 0.221 e. The van der Waals surface area contributed by atoms with Crippen LogP contribution in [0.4, 0.5) is 0 Å². The molecule has 1 aromatic carbocycles. The van der Waals surface area contributed by atoms with Gasteiger partial charge in [0.1, 0.15) is 12.0 Å². The van der Waals surface area contributed by atoms with Crippen LogP contribution in [0.3, 0.4) is 0 Å². The van der Waals surface area contributed by atoms with Gasteiger partial charge in [0, 0.05) is 12.5 Å². The number of carbonyl (C=O) groups excluding carboxylic acids is 1. The summed E-state index contributed by atoms with van der Waals surface area (Å²) in [6, 6.07) is 7.47. The molecule has 1 atom stereocenters. The molecule has 0 heterocycles. The van der Waals surface area contributed by atoms with Crippen molar-refractivity contribution in [2.45, 2.75) is 39.0 Å². The van der Waals surface area contributed by atoms with Gasteiger partial charge in [-0.3, -0.25) is 10.1 Å². The van der Waals surface area contributed by atoms with Crippen LogP contribution in [0.5, 0.6) is 5.75 Å². The molecule has 1 aromatic rings. The number of benzene rings is 1. The molecule has 0 aliphatic rings. The van der Waals surface area contributed by atoms with Crippen LogP contribution in [-0.2, 0) is 11.2 Å². The third-order valence-electron chi connectivity index (χ3n) is 2.46. The van der Waals surface area contributed by atoms with Gasteiger partial charge < -0.3 is 15.6 Å². The molecule has 19 heavy (non-hydrogen) atoms. The summed E-state index contributed by atoms with van der Waals surface area (Å²) in [5.41, 5.74) is 5.96. The molecule has 0 bridgehead atoms. The topological polar surface area (TPSA) is 84.6 Å². The number of primary amides is 1. The van der Waals surface area contributed by atoms with E-state index >= 15 is 0 Å². The number of ether oxygens (including phenoxy) is 1. The standard InChI is InChI=1S/C14H22N2O3/c1-10(2)16-14(18)6-7-19-12-5-3-4-11(8-12)9-13(15)17/h3-5,8,10,14,16,18H,6-7,9H2,1-2H3,(H2,15,17). The van der Waals surface area contributed by atoms with E-state index in [1.54, 1.807) is 6.07 Å². The van der Waals surface area contributed by atoms with Crippen LogP contribution in [0.25, 0.3) is 0 Å². The molecule has 0 radical (unpaired) electrons. The summed E-state index contributed by atoms with van der Waals surface area (Å²) in [5, 5.41) is 12.6. The minimum Gasteiger partial charge on any atom is -0.493 e. The fourth-order valence-electron chi connectivity index (χ4n) is 1.70. The van der Waals surface area contributed by atoms with Crippen LogP contribution in [0.2, 0.25) is 0 Å². The highest BCUT2D eigenvalue weighted by molar-refractivity contribution is 5.76. The van der Waals surface area contributed by atoms with E-state index in [9.17, 15) is 9.90 Å². The predicted molar refractivity (Wildman–Crippen MR) is 73.7 cm³/mol. The fourth-order valence-corrected chi connectivity index (χ4v) is 1.70. The van der Waals surface area contributed by atoms with E-state index in [-0.39, 0.29) is 18.4 Å². The van der Waals surface area contributed by atoms with Crippen LogP contribution < -0.4 is 15.8 Å². The van der Waals surface area contributed by atoms with Gasteiger partial charge in [-0.15, -0.1) is 0 Å². The maximum absolute atomic E-state index is 10.8. The third kappa shape index (κ3) is 6.79. The lowest BCUT2D eigenvalue weighted by Crippen LogP contribution is -2.35. The Balaban J connectivity index is 2.38. The highest BCUT2D eigenvalue weighted by atomic mass is 16.5. The second-order valence-electron chi connectivity index (χ2n) is 4.76. The summed E-state index contributed by atoms with van der Waals surface area (Å²) in [4.78, 5) is 10.8. The van der Waals surface area contributed by atoms with Gasteiger partial charge in [-0.2, -0.15) is 0 Å². The Morgan fingerprint density at radius 1 is 1.47 bits per heavy atom. The zero-order valence-electron chi connectivity index (χ0n) is 11.4. The Morgan fingerprint density at radius 2 is 2.21 bits per heavy atom. The maximum atomic E-state index is 10.8. The van der Waals surface area contributed by atoms with E-state index in [1.165, 1.54) is 0 Å². The van der Waals surface area contributed by atoms with Gasteiger partial charge in [0.2, 0.25) is 5.91 Å². The summed E-state index contributed by atoms with van der Waals surface area (Å²) in [6.07, 6.45) is 0.126. The molecule has 1 unspecified atom stereocenters. The quantitative estimate of drug-likeness (QED) is 0.608. The van der Waals surface area contributed by atoms with Crippen molar-refractivity contribution < 1.29 is 14.6 Å². The lowest BCUT2D eigenvalue weighted by Gasteiger charge is -2.16. The van der Waals surface area contributed by atoms with Gasteiger partial charge in [0.15, 0.2) is 0 Å². The molecule has 1 rings (SSSR count). The number of nitrogens with one attached hydrogen (secondary N) is 1. The monoisotopic (exact) mass is 266 g/mol. The molecule has 0 saturated heterocycles. The first kappa shape index (κ1) is 15.5. The predicted octanol–water partition coefficient (Wildman–Crippen LogP) is 0.800. The van der Waals surface area contributed by atoms with Crippen molar-refractivity contribution in [3.05, 3.63) is 29.8 Å². The largest absolute Gasteiger partial charge is 0.493 e. The van der Waals surface area contributed by atoms with Crippen molar-refractivity contribution in [2.24, 2.45) is 5.73 Å². The summed E-state index contributed by atoms with van der Waals surface area (Å²) in [5.74, 6) is 0.309. The molecule has 1 amide bonds. The number of rotatable bonds is 8. The minimum atomic E-state index is -0.575. The Morgan fingerprint density at radius 3 is 2.84 bits per heavy atom. The molecule has 106 valence electrons. The minimum absolute atomic E-state index is 0.203. The average molecular weight is 266 g/mol. The summed E-state index contributed by atoms with van der Waals surface area (Å²) in [6.45, 7) is 4.34. The average Bonchev–Trinajstić information content (AvgIpc) is 2.27. The van der Waals surface area contributed by atoms with Crippen molar-refractivity contribution >= 4 is 5.91 Å². The van der Waals surface area contributed by atoms with Gasteiger partial charge >= 0.3 is 0 Å². The van der Waals surface area contributed by atoms with Gasteiger partial charge in [-0.25, -0.2) is 0 Å². The van der Waals surface area contributed by atoms with Crippen molar-refractivity contribution in [2.75, 3.05) is 6.61 Å². The Hall–Kier alpha value is -1.59. The highest BCUT2D eigenvalue weighted by Gasteiger charge is 2.06. The first-order chi connectivity index (χ1) is 8.97. The van der Waals surface area contributed by atoms with Gasteiger partial charge in [0.05, 0.1) is 13.0 Å². The molecule has 0 aliphatic heterocycles. The van der Waals surface area contributed by atoms with E-state index in [4.69, 9.17) is 10.5 Å². The Labute approximate surface area is 113 Å². The molecule has 0 spiro atoms. The van der Waals surface area contributed by atoms with Crippen molar-refractivity contribution in [3.8, 4) is 5.75 Å². The lowest BCUT2D eigenvalue weighted by atomic mass is 10.1. The maximum Gasteiger partial charge on any atom is 0.221 e. The SMILES string of the molecule is CC(C)NC(O)CCOc1cccc(CC(N)=O)c1. The fraction of sp³-hybridized carbons (Fsp3) is 0.500. The molecule has 4 N–H and O–H groups in total. The zero-order valence-corrected chi connectivity index (χ0v) is 11.4. The zero-order chi connectivity index (χ0) is 14.3. The number of aliphatic hydroxyl groups is 1. The molecule has 5 nitrogen and oxygen atoms in total. The highest BCUT2D eigenvalue weighted by Crippen LogP contribution is 2.14. The number of hydrogen-bond acceptors (Lipinski definition) is 4. The van der Waals surface area contributed by atoms with Gasteiger partial charge in [-0.05, 0) is 31.5 Å². The van der Waals surface area contributed by atoms with E-state index in [0.717, 1.165) is 5.56 Å². The van der Waals surface area contributed by atoms with Gasteiger partial charge in [-0.1, -0.05) is 12.1 Å². The van der Waals surface area contributed by atoms with Crippen LogP contribution in [0, 0.1) is 0 Å². The second kappa shape index (κ2) is 7.76. The van der Waals surface area contributed by atoms with Crippen LogP contribution in [0.1, 0.15) is 25.8 Å². The normalized spacial score (nSPS) is 12.4. The number of nitrogens with two attached hydrogens (primary N) is 1. The van der Waals surface area contributed by atoms with Crippen molar-refractivity contribution in [1.29, 1.82) is 0 Å². The number of carbonyl (C=O) groups is 1. The van der Waals surface area contributed by atoms with Crippen molar-refractivity contribution in [1.82, 2.24) is 5.32 Å². The molecule has 0 saturated carbocycles. The number of aliphatic hydroxyl groups excluding tert-OH is 1. The number of hydrogen-bond donors (Lipinski definition) is 3. The van der Waals surface area contributed by atoms with Crippen LogP contribution in [0.15, 0.2) is 24.3 Å². The molecular formula is C14H22N2O3. The molecule has 0 aliphatic carbocycles.